The van der Waals surface area contributed by atoms with Crippen LogP contribution in [0.3, 0.4) is 0 Å². The van der Waals surface area contributed by atoms with E-state index in [9.17, 15) is 13.6 Å². The number of benzene rings is 1. The molecule has 4 aromatic rings. The highest BCUT2D eigenvalue weighted by Crippen LogP contribution is 2.40. The SMILES string of the molecule is O=C(Nc1cn2cc(C3CC3)nc2cc1OCc1ccccc1)c1cccc(C(F)F)n1. The summed E-state index contributed by atoms with van der Waals surface area (Å²) in [6.07, 6.45) is 3.16. The largest absolute Gasteiger partial charge is 0.487 e. The van der Waals surface area contributed by atoms with Crippen LogP contribution in [0, 0.1) is 0 Å². The molecule has 162 valence electrons. The molecule has 0 bridgehead atoms. The molecule has 1 saturated carbocycles. The van der Waals surface area contributed by atoms with E-state index in [0.717, 1.165) is 24.1 Å². The van der Waals surface area contributed by atoms with Crippen molar-refractivity contribution in [3.05, 3.63) is 89.6 Å². The summed E-state index contributed by atoms with van der Waals surface area (Å²) in [5.74, 6) is 0.314. The minimum atomic E-state index is -2.75. The van der Waals surface area contributed by atoms with Gasteiger partial charge in [-0.2, -0.15) is 0 Å². The average Bonchev–Trinajstić information content (AvgIpc) is 3.58. The minimum Gasteiger partial charge on any atom is -0.487 e. The first-order chi connectivity index (χ1) is 15.6. The standard InChI is InChI=1S/C24H20F2N4O2/c25-23(26)17-7-4-8-18(27-17)24(31)29-20-13-30-12-19(16-9-10-16)28-22(30)11-21(20)32-14-15-5-2-1-3-6-15/h1-8,11-13,16,23H,9-10,14H2,(H,29,31). The molecule has 0 atom stereocenters. The molecule has 6 nitrogen and oxygen atoms in total. The maximum atomic E-state index is 13.0. The van der Waals surface area contributed by atoms with Gasteiger partial charge in [0.25, 0.3) is 12.3 Å². The van der Waals surface area contributed by atoms with E-state index >= 15 is 0 Å². The van der Waals surface area contributed by atoms with E-state index in [1.165, 1.54) is 18.2 Å². The van der Waals surface area contributed by atoms with Crippen molar-refractivity contribution in [3.63, 3.8) is 0 Å². The maximum Gasteiger partial charge on any atom is 0.280 e. The molecule has 1 amide bonds. The van der Waals surface area contributed by atoms with Crippen molar-refractivity contribution in [2.75, 3.05) is 5.32 Å². The Kier molecular flexibility index (Phi) is 5.26. The highest BCUT2D eigenvalue weighted by molar-refractivity contribution is 6.03. The molecule has 1 fully saturated rings. The van der Waals surface area contributed by atoms with Crippen LogP contribution in [0.1, 0.15) is 52.6 Å². The molecule has 0 saturated heterocycles. The van der Waals surface area contributed by atoms with E-state index in [4.69, 9.17) is 4.74 Å². The topological polar surface area (TPSA) is 68.5 Å². The summed E-state index contributed by atoms with van der Waals surface area (Å²) in [5.41, 5.74) is 2.55. The number of ether oxygens (including phenoxy) is 1. The number of nitrogens with one attached hydrogen (secondary N) is 1. The number of halogens is 2. The van der Waals surface area contributed by atoms with Gasteiger partial charge in [-0.05, 0) is 30.5 Å². The Morgan fingerprint density at radius 2 is 1.91 bits per heavy atom. The van der Waals surface area contributed by atoms with Crippen molar-refractivity contribution in [3.8, 4) is 5.75 Å². The molecule has 1 aromatic carbocycles. The first kappa shape index (κ1) is 20.1. The predicted molar refractivity (Wildman–Crippen MR) is 115 cm³/mol. The summed E-state index contributed by atoms with van der Waals surface area (Å²) in [4.78, 5) is 21.2. The van der Waals surface area contributed by atoms with Crippen LogP contribution in [0.15, 0.2) is 67.0 Å². The van der Waals surface area contributed by atoms with Crippen LogP contribution < -0.4 is 10.1 Å². The van der Waals surface area contributed by atoms with Crippen molar-refractivity contribution in [2.24, 2.45) is 0 Å². The molecule has 3 aromatic heterocycles. The Balaban J connectivity index is 1.46. The van der Waals surface area contributed by atoms with Crippen molar-refractivity contribution in [1.29, 1.82) is 0 Å². The Hall–Kier alpha value is -3.81. The lowest BCUT2D eigenvalue weighted by Crippen LogP contribution is -2.16. The molecule has 8 heteroatoms. The van der Waals surface area contributed by atoms with Gasteiger partial charge in [0.1, 0.15) is 35.1 Å². The average molecular weight is 434 g/mol. The van der Waals surface area contributed by atoms with E-state index in [1.807, 2.05) is 40.9 Å². The molecule has 0 unspecified atom stereocenters. The Morgan fingerprint density at radius 1 is 1.09 bits per heavy atom. The Bertz CT molecular complexity index is 1270. The smallest absolute Gasteiger partial charge is 0.280 e. The Labute approximate surface area is 182 Å². The van der Waals surface area contributed by atoms with Crippen LogP contribution in [0.4, 0.5) is 14.5 Å². The molecule has 0 spiro atoms. The zero-order valence-corrected chi connectivity index (χ0v) is 17.0. The van der Waals surface area contributed by atoms with Gasteiger partial charge in [0, 0.05) is 24.4 Å². The monoisotopic (exact) mass is 434 g/mol. The number of hydrogen-bond acceptors (Lipinski definition) is 4. The van der Waals surface area contributed by atoms with Gasteiger partial charge < -0.3 is 14.5 Å². The molecular formula is C24H20F2N4O2. The molecule has 5 rings (SSSR count). The van der Waals surface area contributed by atoms with Gasteiger partial charge in [-0.15, -0.1) is 0 Å². The summed E-state index contributed by atoms with van der Waals surface area (Å²) in [5, 5.41) is 2.76. The molecule has 0 aliphatic heterocycles. The van der Waals surface area contributed by atoms with Crippen LogP contribution in [-0.4, -0.2) is 20.3 Å². The van der Waals surface area contributed by atoms with E-state index < -0.39 is 18.0 Å². The lowest BCUT2D eigenvalue weighted by molar-refractivity contribution is 0.101. The summed E-state index contributed by atoms with van der Waals surface area (Å²) in [7, 11) is 0. The number of hydrogen-bond donors (Lipinski definition) is 1. The quantitative estimate of drug-likeness (QED) is 0.424. The predicted octanol–water partition coefficient (Wildman–Crippen LogP) is 5.38. The first-order valence-corrected chi connectivity index (χ1v) is 10.3. The highest BCUT2D eigenvalue weighted by atomic mass is 19.3. The lowest BCUT2D eigenvalue weighted by Gasteiger charge is -2.13. The third-order valence-corrected chi connectivity index (χ3v) is 5.28. The van der Waals surface area contributed by atoms with Crippen molar-refractivity contribution < 1.29 is 18.3 Å². The van der Waals surface area contributed by atoms with Gasteiger partial charge >= 0.3 is 0 Å². The number of imidazole rings is 1. The van der Waals surface area contributed by atoms with Gasteiger partial charge in [0.05, 0.1) is 5.69 Å². The molecule has 3 heterocycles. The fraction of sp³-hybridized carbons (Fsp3) is 0.208. The van der Waals surface area contributed by atoms with E-state index in [0.29, 0.717) is 29.6 Å². The van der Waals surface area contributed by atoms with Crippen molar-refractivity contribution >= 4 is 17.2 Å². The van der Waals surface area contributed by atoms with Crippen LogP contribution in [0.5, 0.6) is 5.75 Å². The van der Waals surface area contributed by atoms with Crippen LogP contribution >= 0.6 is 0 Å². The number of aromatic nitrogens is 3. The van der Waals surface area contributed by atoms with Gasteiger partial charge in [-0.25, -0.2) is 18.7 Å². The van der Waals surface area contributed by atoms with E-state index in [-0.39, 0.29) is 5.69 Å². The number of nitrogens with zero attached hydrogens (tertiary/aromatic N) is 3. The van der Waals surface area contributed by atoms with Gasteiger partial charge in [0.2, 0.25) is 0 Å². The second kappa shape index (κ2) is 8.37. The summed E-state index contributed by atoms with van der Waals surface area (Å²) in [6, 6.07) is 15.4. The third-order valence-electron chi connectivity index (χ3n) is 5.28. The summed E-state index contributed by atoms with van der Waals surface area (Å²) in [6.45, 7) is 0.301. The number of fused-ring (bicyclic) bond motifs is 1. The van der Waals surface area contributed by atoms with Crippen LogP contribution in [-0.2, 0) is 6.61 Å². The zero-order valence-electron chi connectivity index (χ0n) is 17.0. The van der Waals surface area contributed by atoms with Crippen molar-refractivity contribution in [2.45, 2.75) is 31.8 Å². The third kappa shape index (κ3) is 4.30. The number of carbonyl (C=O) groups is 1. The second-order valence-electron chi connectivity index (χ2n) is 7.73. The number of carbonyl (C=O) groups excluding carboxylic acids is 1. The van der Waals surface area contributed by atoms with Crippen LogP contribution in [0.2, 0.25) is 0 Å². The molecule has 1 aliphatic rings. The Morgan fingerprint density at radius 3 is 2.66 bits per heavy atom. The van der Waals surface area contributed by atoms with Crippen molar-refractivity contribution in [1.82, 2.24) is 14.4 Å². The molecule has 1 aliphatic carbocycles. The first-order valence-electron chi connectivity index (χ1n) is 10.3. The maximum absolute atomic E-state index is 13.0. The normalized spacial score (nSPS) is 13.5. The van der Waals surface area contributed by atoms with E-state index in [1.54, 1.807) is 12.3 Å². The second-order valence-corrected chi connectivity index (χ2v) is 7.73. The van der Waals surface area contributed by atoms with Gasteiger partial charge in [-0.1, -0.05) is 36.4 Å². The fourth-order valence-electron chi connectivity index (χ4n) is 3.45. The minimum absolute atomic E-state index is 0.0961. The van der Waals surface area contributed by atoms with Gasteiger partial charge in [0.15, 0.2) is 0 Å². The lowest BCUT2D eigenvalue weighted by atomic mass is 10.2. The number of pyridine rings is 2. The number of alkyl halides is 2. The zero-order chi connectivity index (χ0) is 22.1. The fourth-order valence-corrected chi connectivity index (χ4v) is 3.45. The molecule has 32 heavy (non-hydrogen) atoms. The highest BCUT2D eigenvalue weighted by Gasteiger charge is 2.26. The summed E-state index contributed by atoms with van der Waals surface area (Å²) < 4.78 is 33.8. The molecular weight excluding hydrogens is 414 g/mol. The molecule has 1 N–H and O–H groups in total. The van der Waals surface area contributed by atoms with Crippen LogP contribution in [0.25, 0.3) is 5.65 Å². The number of amides is 1. The van der Waals surface area contributed by atoms with Gasteiger partial charge in [-0.3, -0.25) is 4.79 Å². The molecule has 0 radical (unpaired) electrons. The summed E-state index contributed by atoms with van der Waals surface area (Å²) >= 11 is 0. The van der Waals surface area contributed by atoms with E-state index in [2.05, 4.69) is 15.3 Å². The number of anilines is 1. The number of rotatable bonds is 7.